The van der Waals surface area contributed by atoms with Gasteiger partial charge in [0.1, 0.15) is 17.8 Å². The summed E-state index contributed by atoms with van der Waals surface area (Å²) in [4.78, 5) is 26.3. The van der Waals surface area contributed by atoms with E-state index in [2.05, 4.69) is 10.6 Å². The van der Waals surface area contributed by atoms with E-state index < -0.39 is 22.2 Å². The maximum atomic E-state index is 13.2. The molecule has 10 nitrogen and oxygen atoms in total. The summed E-state index contributed by atoms with van der Waals surface area (Å²) in [6, 6.07) is 16.7. The first-order valence-electron chi connectivity index (χ1n) is 12.9. The Labute approximate surface area is 228 Å². The second-order valence-electron chi connectivity index (χ2n) is 10.0. The molecule has 2 aromatic carbocycles. The summed E-state index contributed by atoms with van der Waals surface area (Å²) >= 11 is 0. The number of nitriles is 1. The van der Waals surface area contributed by atoms with Crippen LogP contribution in [0.5, 0.6) is 0 Å². The molecule has 1 aliphatic rings. The SMILES string of the molecule is CC(C)C[C@H](NC(=O)c1cc2ccccc2n1C)C(=O)NCC1CN(S(=O)(=O)c2ccccc2C#N)CCO1. The normalized spacial score (nSPS) is 17.1. The topological polar surface area (TPSA) is 134 Å². The van der Waals surface area contributed by atoms with E-state index in [0.717, 1.165) is 10.9 Å². The largest absolute Gasteiger partial charge is 0.374 e. The van der Waals surface area contributed by atoms with Crippen molar-refractivity contribution in [3.8, 4) is 6.07 Å². The van der Waals surface area contributed by atoms with Crippen molar-refractivity contribution >= 4 is 32.7 Å². The number of amides is 2. The van der Waals surface area contributed by atoms with Crippen molar-refractivity contribution in [2.75, 3.05) is 26.2 Å². The fraction of sp³-hybridized carbons (Fsp3) is 0.393. The van der Waals surface area contributed by atoms with E-state index in [4.69, 9.17) is 4.74 Å². The van der Waals surface area contributed by atoms with Gasteiger partial charge in [0, 0.05) is 37.6 Å². The summed E-state index contributed by atoms with van der Waals surface area (Å²) in [5, 5.41) is 16.0. The summed E-state index contributed by atoms with van der Waals surface area (Å²) in [5.41, 5.74) is 1.44. The predicted molar refractivity (Wildman–Crippen MR) is 146 cm³/mol. The molecule has 2 N–H and O–H groups in total. The first-order valence-corrected chi connectivity index (χ1v) is 14.3. The van der Waals surface area contributed by atoms with Crippen molar-refractivity contribution in [2.45, 2.75) is 37.3 Å². The van der Waals surface area contributed by atoms with E-state index in [-0.39, 0.29) is 54.4 Å². The molecular weight excluding hydrogens is 518 g/mol. The van der Waals surface area contributed by atoms with Gasteiger partial charge >= 0.3 is 0 Å². The zero-order valence-electron chi connectivity index (χ0n) is 22.3. The van der Waals surface area contributed by atoms with E-state index >= 15 is 0 Å². The molecule has 0 saturated carbocycles. The number of rotatable bonds is 9. The average molecular weight is 552 g/mol. The fourth-order valence-corrected chi connectivity index (χ4v) is 6.33. The molecule has 206 valence electrons. The summed E-state index contributed by atoms with van der Waals surface area (Å²) in [7, 11) is -2.10. The maximum absolute atomic E-state index is 13.2. The maximum Gasteiger partial charge on any atom is 0.268 e. The molecule has 1 aliphatic heterocycles. The number of aryl methyl sites for hydroxylation is 1. The van der Waals surface area contributed by atoms with Gasteiger partial charge in [0.25, 0.3) is 5.91 Å². The molecule has 2 atom stereocenters. The van der Waals surface area contributed by atoms with E-state index in [0.29, 0.717) is 12.1 Å². The molecule has 1 unspecified atom stereocenters. The lowest BCUT2D eigenvalue weighted by molar-refractivity contribution is -0.124. The number of sulfonamides is 1. The molecule has 1 fully saturated rings. The van der Waals surface area contributed by atoms with Gasteiger partial charge in [-0.2, -0.15) is 9.57 Å². The number of aromatic nitrogens is 1. The van der Waals surface area contributed by atoms with Crippen LogP contribution < -0.4 is 10.6 Å². The summed E-state index contributed by atoms with van der Waals surface area (Å²) in [5.74, 6) is -0.577. The van der Waals surface area contributed by atoms with Crippen LogP contribution in [0.1, 0.15) is 36.3 Å². The molecule has 3 aromatic rings. The molecule has 39 heavy (non-hydrogen) atoms. The Morgan fingerprint density at radius 1 is 1.15 bits per heavy atom. The smallest absolute Gasteiger partial charge is 0.268 e. The highest BCUT2D eigenvalue weighted by Gasteiger charge is 2.33. The first-order chi connectivity index (χ1) is 18.6. The molecule has 2 heterocycles. The van der Waals surface area contributed by atoms with Gasteiger partial charge in [0.05, 0.1) is 23.2 Å². The highest BCUT2D eigenvalue weighted by molar-refractivity contribution is 7.89. The van der Waals surface area contributed by atoms with Crippen LogP contribution in [0.2, 0.25) is 0 Å². The van der Waals surface area contributed by atoms with Gasteiger partial charge in [-0.25, -0.2) is 8.42 Å². The van der Waals surface area contributed by atoms with Gasteiger partial charge in [-0.15, -0.1) is 0 Å². The van der Waals surface area contributed by atoms with Crippen LogP contribution in [0, 0.1) is 17.2 Å². The second-order valence-corrected chi connectivity index (χ2v) is 11.9. The van der Waals surface area contributed by atoms with Crippen molar-refractivity contribution in [3.05, 3.63) is 65.9 Å². The van der Waals surface area contributed by atoms with Crippen LogP contribution in [0.4, 0.5) is 0 Å². The zero-order valence-corrected chi connectivity index (χ0v) is 23.1. The number of benzene rings is 2. The molecule has 0 radical (unpaired) electrons. The lowest BCUT2D eigenvalue weighted by atomic mass is 10.0. The fourth-order valence-electron chi connectivity index (χ4n) is 4.74. The molecule has 1 saturated heterocycles. The number of hydrogen-bond acceptors (Lipinski definition) is 6. The Balaban J connectivity index is 1.41. The molecule has 2 amide bonds. The van der Waals surface area contributed by atoms with Crippen molar-refractivity contribution < 1.29 is 22.7 Å². The third kappa shape index (κ3) is 6.30. The lowest BCUT2D eigenvalue weighted by Crippen LogP contribution is -2.53. The van der Waals surface area contributed by atoms with Crippen molar-refractivity contribution in [3.63, 3.8) is 0 Å². The van der Waals surface area contributed by atoms with Gasteiger partial charge in [-0.3, -0.25) is 9.59 Å². The summed E-state index contributed by atoms with van der Waals surface area (Å²) in [6.45, 7) is 4.33. The summed E-state index contributed by atoms with van der Waals surface area (Å²) < 4.78 is 35.2. The van der Waals surface area contributed by atoms with Crippen LogP contribution >= 0.6 is 0 Å². The van der Waals surface area contributed by atoms with E-state index in [1.807, 2.05) is 51.2 Å². The molecular formula is C28H33N5O5S. The minimum Gasteiger partial charge on any atom is -0.374 e. The van der Waals surface area contributed by atoms with Gasteiger partial charge in [0.15, 0.2) is 0 Å². The highest BCUT2D eigenvalue weighted by atomic mass is 32.2. The Morgan fingerprint density at radius 2 is 1.87 bits per heavy atom. The highest BCUT2D eigenvalue weighted by Crippen LogP contribution is 2.22. The first kappa shape index (κ1) is 28.3. The third-order valence-electron chi connectivity index (χ3n) is 6.74. The van der Waals surface area contributed by atoms with Gasteiger partial charge < -0.3 is 19.9 Å². The Kier molecular flexibility index (Phi) is 8.70. The van der Waals surface area contributed by atoms with Crippen molar-refractivity contribution in [1.29, 1.82) is 5.26 Å². The number of fused-ring (bicyclic) bond motifs is 1. The number of nitrogens with zero attached hydrogens (tertiary/aromatic N) is 3. The molecule has 4 rings (SSSR count). The Hall–Kier alpha value is -3.72. The van der Waals surface area contributed by atoms with E-state index in [1.165, 1.54) is 16.4 Å². The zero-order chi connectivity index (χ0) is 28.2. The molecule has 0 bridgehead atoms. The quantitative estimate of drug-likeness (QED) is 0.420. The number of morpholine rings is 1. The van der Waals surface area contributed by atoms with Gasteiger partial charge in [-0.1, -0.05) is 44.2 Å². The molecule has 0 spiro atoms. The monoisotopic (exact) mass is 551 g/mol. The Bertz CT molecular complexity index is 1510. The summed E-state index contributed by atoms with van der Waals surface area (Å²) in [6.07, 6.45) is -0.154. The van der Waals surface area contributed by atoms with Crippen LogP contribution in [0.3, 0.4) is 0 Å². The number of para-hydroxylation sites is 1. The van der Waals surface area contributed by atoms with Crippen LogP contribution in [0.25, 0.3) is 10.9 Å². The third-order valence-corrected chi connectivity index (χ3v) is 8.67. The van der Waals surface area contributed by atoms with Crippen molar-refractivity contribution in [2.24, 2.45) is 13.0 Å². The lowest BCUT2D eigenvalue weighted by Gasteiger charge is -2.32. The van der Waals surface area contributed by atoms with Gasteiger partial charge in [-0.05, 0) is 36.6 Å². The number of ether oxygens (including phenoxy) is 1. The minimum absolute atomic E-state index is 0.0273. The minimum atomic E-state index is -3.91. The molecule has 1 aromatic heterocycles. The van der Waals surface area contributed by atoms with Crippen LogP contribution in [-0.2, 0) is 26.6 Å². The number of hydrogen-bond donors (Lipinski definition) is 2. The van der Waals surface area contributed by atoms with E-state index in [9.17, 15) is 23.3 Å². The standard InChI is InChI=1S/C28H33N5O5S/c1-19(2)14-23(31-28(35)25-15-20-8-4-6-10-24(20)32(25)3)27(34)30-17-22-18-33(12-13-38-22)39(36,37)26-11-7-5-9-21(26)16-29/h4-11,15,19,22-23H,12-14,17-18H2,1-3H3,(H,30,34)(H,31,35)/t22?,23-/m0/s1. The number of nitrogens with one attached hydrogen (secondary N) is 2. The average Bonchev–Trinajstić information content (AvgIpc) is 3.27. The van der Waals surface area contributed by atoms with Crippen LogP contribution in [0.15, 0.2) is 59.5 Å². The second kappa shape index (κ2) is 12.0. The Morgan fingerprint density at radius 3 is 2.59 bits per heavy atom. The van der Waals surface area contributed by atoms with Gasteiger partial charge in [0.2, 0.25) is 15.9 Å². The van der Waals surface area contributed by atoms with Crippen LogP contribution in [-0.4, -0.2) is 67.5 Å². The van der Waals surface area contributed by atoms with Crippen molar-refractivity contribution in [1.82, 2.24) is 19.5 Å². The number of carbonyl (C=O) groups excluding carboxylic acids is 2. The number of carbonyl (C=O) groups is 2. The van der Waals surface area contributed by atoms with E-state index in [1.54, 1.807) is 22.8 Å². The molecule has 11 heteroatoms. The predicted octanol–water partition coefficient (Wildman–Crippen LogP) is 2.40. The molecule has 0 aliphatic carbocycles.